The lowest BCUT2D eigenvalue weighted by Gasteiger charge is -2.17. The van der Waals surface area contributed by atoms with E-state index in [-0.39, 0.29) is 0 Å². The molecule has 0 spiro atoms. The molecule has 6 nitrogen and oxygen atoms in total. The molecule has 0 radical (unpaired) electrons. The molecule has 3 heterocycles. The second kappa shape index (κ2) is 8.09. The molecule has 0 bridgehead atoms. The lowest BCUT2D eigenvalue weighted by Crippen LogP contribution is -2.24. The number of hydrogen-bond donors (Lipinski definition) is 2. The molecular weight excluding hydrogens is 362 g/mol. The van der Waals surface area contributed by atoms with Crippen molar-refractivity contribution in [1.82, 2.24) is 25.1 Å². The van der Waals surface area contributed by atoms with Crippen molar-refractivity contribution >= 4 is 11.0 Å². The first-order valence-corrected chi connectivity index (χ1v) is 10.3. The first kappa shape index (κ1) is 17.9. The first-order valence-electron chi connectivity index (χ1n) is 10.3. The summed E-state index contributed by atoms with van der Waals surface area (Å²) in [5.41, 5.74) is 4.07. The van der Waals surface area contributed by atoms with E-state index in [1.165, 1.54) is 38.8 Å². The number of H-pyrrole nitrogens is 2. The van der Waals surface area contributed by atoms with Gasteiger partial charge < -0.3 is 9.72 Å². The van der Waals surface area contributed by atoms with Crippen molar-refractivity contribution in [1.29, 1.82) is 0 Å². The molecule has 0 unspecified atom stereocenters. The number of rotatable bonds is 5. The van der Waals surface area contributed by atoms with Gasteiger partial charge in [-0.1, -0.05) is 12.8 Å². The van der Waals surface area contributed by atoms with Gasteiger partial charge in [-0.25, -0.2) is 4.98 Å². The van der Waals surface area contributed by atoms with E-state index in [1.54, 1.807) is 6.20 Å². The number of hydrogen-bond acceptors (Lipinski definition) is 4. The third kappa shape index (κ3) is 4.17. The van der Waals surface area contributed by atoms with E-state index in [0.29, 0.717) is 0 Å². The van der Waals surface area contributed by atoms with Crippen LogP contribution >= 0.6 is 0 Å². The van der Waals surface area contributed by atoms with E-state index < -0.39 is 0 Å². The van der Waals surface area contributed by atoms with Crippen molar-refractivity contribution < 1.29 is 4.74 Å². The van der Waals surface area contributed by atoms with Gasteiger partial charge in [0.05, 0.1) is 23.3 Å². The minimum Gasteiger partial charge on any atom is -0.457 e. The summed E-state index contributed by atoms with van der Waals surface area (Å²) in [7, 11) is 0. The molecule has 2 N–H and O–H groups in total. The van der Waals surface area contributed by atoms with Crippen LogP contribution in [0.25, 0.3) is 22.3 Å². The molecule has 29 heavy (non-hydrogen) atoms. The summed E-state index contributed by atoms with van der Waals surface area (Å²) in [4.78, 5) is 10.7. The Hall–Kier alpha value is -3.12. The summed E-state index contributed by atoms with van der Waals surface area (Å²) >= 11 is 0. The van der Waals surface area contributed by atoms with Crippen molar-refractivity contribution in [3.8, 4) is 22.8 Å². The monoisotopic (exact) mass is 387 g/mol. The highest BCUT2D eigenvalue weighted by molar-refractivity contribution is 5.77. The van der Waals surface area contributed by atoms with Gasteiger partial charge in [-0.2, -0.15) is 5.10 Å². The molecule has 0 saturated carbocycles. The summed E-state index contributed by atoms with van der Waals surface area (Å²) in [5, 5.41) is 6.96. The van der Waals surface area contributed by atoms with Crippen LogP contribution in [0.1, 0.15) is 31.5 Å². The quantitative estimate of drug-likeness (QED) is 0.499. The maximum atomic E-state index is 6.05. The normalized spacial score (nSPS) is 15.4. The Kier molecular flexibility index (Phi) is 5.01. The van der Waals surface area contributed by atoms with Gasteiger partial charge in [0.1, 0.15) is 17.3 Å². The number of benzene rings is 2. The van der Waals surface area contributed by atoms with Crippen molar-refractivity contribution in [2.45, 2.75) is 32.2 Å². The Morgan fingerprint density at radius 3 is 2.45 bits per heavy atom. The van der Waals surface area contributed by atoms with E-state index in [0.717, 1.165) is 46.2 Å². The molecule has 2 aromatic carbocycles. The Bertz CT molecular complexity index is 1060. The number of nitrogens with zero attached hydrogens (tertiary/aromatic N) is 3. The number of aromatic nitrogens is 4. The molecule has 4 aromatic rings. The van der Waals surface area contributed by atoms with Crippen LogP contribution < -0.4 is 4.74 Å². The maximum absolute atomic E-state index is 6.05. The highest BCUT2D eigenvalue weighted by atomic mass is 16.5. The van der Waals surface area contributed by atoms with Gasteiger partial charge in [0, 0.05) is 12.3 Å². The van der Waals surface area contributed by atoms with Crippen molar-refractivity contribution in [2.24, 2.45) is 0 Å². The van der Waals surface area contributed by atoms with Crippen molar-refractivity contribution in [3.05, 3.63) is 60.6 Å². The zero-order valence-corrected chi connectivity index (χ0v) is 16.4. The average Bonchev–Trinajstić information content (AvgIpc) is 3.33. The topological polar surface area (TPSA) is 69.8 Å². The van der Waals surface area contributed by atoms with Gasteiger partial charge in [0.15, 0.2) is 0 Å². The van der Waals surface area contributed by atoms with Crippen LogP contribution in [0.4, 0.5) is 0 Å². The first-order chi connectivity index (χ1) is 14.3. The minimum absolute atomic E-state index is 0.803. The second-order valence-electron chi connectivity index (χ2n) is 7.65. The summed E-state index contributed by atoms with van der Waals surface area (Å²) in [5.74, 6) is 2.64. The molecule has 1 fully saturated rings. The molecule has 0 amide bonds. The zero-order chi connectivity index (χ0) is 19.5. The second-order valence-corrected chi connectivity index (χ2v) is 7.65. The lowest BCUT2D eigenvalue weighted by molar-refractivity contribution is 0.271. The Morgan fingerprint density at radius 1 is 0.897 bits per heavy atom. The molecule has 1 saturated heterocycles. The molecule has 5 rings (SSSR count). The van der Waals surface area contributed by atoms with Crippen LogP contribution in [0.15, 0.2) is 54.7 Å². The maximum Gasteiger partial charge on any atom is 0.129 e. The number of aromatic amines is 2. The third-order valence-corrected chi connectivity index (χ3v) is 5.48. The Balaban J connectivity index is 1.29. The number of ether oxygens (including phenoxy) is 1. The summed E-state index contributed by atoms with van der Waals surface area (Å²) in [6, 6.07) is 16.0. The van der Waals surface area contributed by atoms with Gasteiger partial charge in [0.25, 0.3) is 0 Å². The highest BCUT2D eigenvalue weighted by Crippen LogP contribution is 2.27. The number of likely N-dealkylation sites (tertiary alicyclic amines) is 1. The largest absolute Gasteiger partial charge is 0.457 e. The highest BCUT2D eigenvalue weighted by Gasteiger charge is 2.12. The lowest BCUT2D eigenvalue weighted by atomic mass is 10.1. The molecule has 0 aliphatic carbocycles. The Labute approximate surface area is 169 Å². The predicted molar refractivity (Wildman–Crippen MR) is 114 cm³/mol. The fraction of sp³-hybridized carbons (Fsp3) is 0.304. The number of nitrogens with one attached hydrogen (secondary N) is 2. The zero-order valence-electron chi connectivity index (χ0n) is 16.4. The molecule has 2 aromatic heterocycles. The van der Waals surface area contributed by atoms with Crippen molar-refractivity contribution in [2.75, 3.05) is 13.1 Å². The molecule has 6 heteroatoms. The van der Waals surface area contributed by atoms with Crippen LogP contribution in [0.2, 0.25) is 0 Å². The van der Waals surface area contributed by atoms with E-state index in [2.05, 4.69) is 20.1 Å². The fourth-order valence-corrected chi connectivity index (χ4v) is 3.94. The Morgan fingerprint density at radius 2 is 1.69 bits per heavy atom. The van der Waals surface area contributed by atoms with Gasteiger partial charge >= 0.3 is 0 Å². The average molecular weight is 387 g/mol. The minimum atomic E-state index is 0.803. The van der Waals surface area contributed by atoms with Gasteiger partial charge in [-0.05, 0) is 74.0 Å². The summed E-state index contributed by atoms with van der Waals surface area (Å²) in [6.07, 6.45) is 7.02. The van der Waals surface area contributed by atoms with Crippen LogP contribution in [-0.4, -0.2) is 38.2 Å². The van der Waals surface area contributed by atoms with Gasteiger partial charge in [-0.3, -0.25) is 10.00 Å². The molecule has 148 valence electrons. The number of imidazole rings is 1. The SMILES string of the molecule is c1cc(-c2ccc(Oc3ccc4nc(CN5CCCCCC5)[nH]c4c3)cc2)[nH]n1. The predicted octanol–water partition coefficient (Wildman–Crippen LogP) is 5.12. The fourth-order valence-electron chi connectivity index (χ4n) is 3.94. The van der Waals surface area contributed by atoms with E-state index in [4.69, 9.17) is 9.72 Å². The third-order valence-electron chi connectivity index (χ3n) is 5.48. The van der Waals surface area contributed by atoms with E-state index in [9.17, 15) is 0 Å². The molecule has 1 aliphatic heterocycles. The molecular formula is C23H25N5O. The van der Waals surface area contributed by atoms with E-state index in [1.807, 2.05) is 48.5 Å². The summed E-state index contributed by atoms with van der Waals surface area (Å²) < 4.78 is 6.05. The smallest absolute Gasteiger partial charge is 0.129 e. The van der Waals surface area contributed by atoms with Crippen LogP contribution in [0, 0.1) is 0 Å². The van der Waals surface area contributed by atoms with Gasteiger partial charge in [-0.15, -0.1) is 0 Å². The van der Waals surface area contributed by atoms with Gasteiger partial charge in [0.2, 0.25) is 0 Å². The standard InChI is InChI=1S/C23H25N5O/c1-2-4-14-28(13-3-1)16-23-25-21-10-9-19(15-22(21)26-23)29-18-7-5-17(6-8-18)20-11-12-24-27-20/h5-12,15H,1-4,13-14,16H2,(H,24,27)(H,25,26). The van der Waals surface area contributed by atoms with Crippen LogP contribution in [-0.2, 0) is 6.54 Å². The molecule has 1 aliphatic rings. The van der Waals surface area contributed by atoms with Crippen molar-refractivity contribution in [3.63, 3.8) is 0 Å². The van der Waals surface area contributed by atoms with Crippen LogP contribution in [0.5, 0.6) is 11.5 Å². The van der Waals surface area contributed by atoms with E-state index >= 15 is 0 Å². The van der Waals surface area contributed by atoms with Crippen LogP contribution in [0.3, 0.4) is 0 Å². The molecule has 0 atom stereocenters. The summed E-state index contributed by atoms with van der Waals surface area (Å²) in [6.45, 7) is 3.22. The number of fused-ring (bicyclic) bond motifs is 1.